The van der Waals surface area contributed by atoms with E-state index < -0.39 is 0 Å². The van der Waals surface area contributed by atoms with Crippen molar-refractivity contribution in [2.75, 3.05) is 32.8 Å². The summed E-state index contributed by atoms with van der Waals surface area (Å²) in [5.41, 5.74) is 1.56. The van der Waals surface area contributed by atoms with Crippen LogP contribution in [-0.4, -0.2) is 60.5 Å². The summed E-state index contributed by atoms with van der Waals surface area (Å²) in [6, 6.07) is 15.2. The maximum atomic E-state index is 13.6. The summed E-state index contributed by atoms with van der Waals surface area (Å²) in [5, 5.41) is 0. The molecule has 0 saturated heterocycles. The van der Waals surface area contributed by atoms with E-state index in [0.717, 1.165) is 43.5 Å². The normalized spacial score (nSPS) is 17.8. The van der Waals surface area contributed by atoms with E-state index in [9.17, 15) is 9.59 Å². The third-order valence-electron chi connectivity index (χ3n) is 6.85. The fourth-order valence-corrected chi connectivity index (χ4v) is 4.72. The lowest BCUT2D eigenvalue weighted by molar-refractivity contribution is -0.134. The predicted molar refractivity (Wildman–Crippen MR) is 144 cm³/mol. The Bertz CT molecular complexity index is 973. The molecule has 2 aromatic carbocycles. The molecule has 2 aromatic rings. The molecule has 0 bridgehead atoms. The van der Waals surface area contributed by atoms with Crippen molar-refractivity contribution in [2.24, 2.45) is 5.92 Å². The van der Waals surface area contributed by atoms with Gasteiger partial charge in [-0.1, -0.05) is 51.0 Å². The zero-order chi connectivity index (χ0) is 25.9. The average Bonchev–Trinajstić information content (AvgIpc) is 2.87. The molecule has 3 rings (SSSR count). The lowest BCUT2D eigenvalue weighted by Crippen LogP contribution is -2.48. The highest BCUT2D eigenvalue weighted by Crippen LogP contribution is 2.24. The molecule has 36 heavy (non-hydrogen) atoms. The van der Waals surface area contributed by atoms with Gasteiger partial charge in [0.25, 0.3) is 5.91 Å². The first-order chi connectivity index (χ1) is 17.4. The van der Waals surface area contributed by atoms with E-state index in [0.29, 0.717) is 44.0 Å². The second kappa shape index (κ2) is 13.9. The van der Waals surface area contributed by atoms with Gasteiger partial charge >= 0.3 is 0 Å². The number of hydrogen-bond donors (Lipinski definition) is 0. The van der Waals surface area contributed by atoms with Gasteiger partial charge in [0.15, 0.2) is 0 Å². The Balaban J connectivity index is 1.83. The second-order valence-electron chi connectivity index (χ2n) is 9.76. The third kappa shape index (κ3) is 7.49. The third-order valence-corrected chi connectivity index (χ3v) is 6.85. The zero-order valence-corrected chi connectivity index (χ0v) is 22.4. The number of amides is 2. The average molecular weight is 495 g/mol. The van der Waals surface area contributed by atoms with Crippen LogP contribution in [-0.2, 0) is 11.2 Å². The Kier molecular flexibility index (Phi) is 10.6. The summed E-state index contributed by atoms with van der Waals surface area (Å²) in [6.07, 6.45) is 4.30. The summed E-state index contributed by atoms with van der Waals surface area (Å²) in [6.45, 7) is 11.3. The van der Waals surface area contributed by atoms with Crippen LogP contribution in [0, 0.1) is 5.92 Å². The summed E-state index contributed by atoms with van der Waals surface area (Å²) in [7, 11) is 0. The Labute approximate surface area is 216 Å². The molecule has 0 aromatic heterocycles. The number of nitrogens with zero attached hydrogens (tertiary/aromatic N) is 2. The van der Waals surface area contributed by atoms with Crippen molar-refractivity contribution >= 4 is 11.8 Å². The number of ether oxygens (including phenoxy) is 2. The molecule has 1 aliphatic heterocycles. The Morgan fingerprint density at radius 1 is 1.00 bits per heavy atom. The van der Waals surface area contributed by atoms with E-state index in [1.807, 2.05) is 72.2 Å². The van der Waals surface area contributed by atoms with Gasteiger partial charge < -0.3 is 19.3 Å². The molecule has 6 heteroatoms. The van der Waals surface area contributed by atoms with E-state index in [2.05, 4.69) is 13.8 Å². The molecule has 1 heterocycles. The van der Waals surface area contributed by atoms with Gasteiger partial charge in [0, 0.05) is 19.6 Å². The fraction of sp³-hybridized carbons (Fsp3) is 0.533. The van der Waals surface area contributed by atoms with Crippen LogP contribution < -0.4 is 9.47 Å². The summed E-state index contributed by atoms with van der Waals surface area (Å²) in [4.78, 5) is 30.8. The van der Waals surface area contributed by atoms with Gasteiger partial charge in [-0.3, -0.25) is 9.59 Å². The second-order valence-corrected chi connectivity index (χ2v) is 9.76. The molecule has 0 saturated carbocycles. The van der Waals surface area contributed by atoms with Crippen LogP contribution in [0.25, 0.3) is 0 Å². The van der Waals surface area contributed by atoms with Crippen LogP contribution in [0.2, 0.25) is 0 Å². The maximum Gasteiger partial charge on any atom is 0.257 e. The van der Waals surface area contributed by atoms with Crippen molar-refractivity contribution in [1.82, 2.24) is 9.80 Å². The molecule has 1 atom stereocenters. The zero-order valence-electron chi connectivity index (χ0n) is 22.4. The Hall–Kier alpha value is -3.02. The first-order valence-electron chi connectivity index (χ1n) is 13.5. The molecule has 6 nitrogen and oxygen atoms in total. The summed E-state index contributed by atoms with van der Waals surface area (Å²) < 4.78 is 11.8. The smallest absolute Gasteiger partial charge is 0.257 e. The lowest BCUT2D eigenvalue weighted by atomic mass is 10.0. The number of fused-ring (bicyclic) bond motifs is 1. The van der Waals surface area contributed by atoms with E-state index in [-0.39, 0.29) is 23.8 Å². The van der Waals surface area contributed by atoms with Gasteiger partial charge in [-0.05, 0) is 62.4 Å². The van der Waals surface area contributed by atoms with Crippen molar-refractivity contribution in [3.63, 3.8) is 0 Å². The minimum atomic E-state index is -0.0893. The minimum absolute atomic E-state index is 0.00897. The highest BCUT2D eigenvalue weighted by atomic mass is 16.5. The molecule has 0 N–H and O–H groups in total. The van der Waals surface area contributed by atoms with Crippen LogP contribution in [0.15, 0.2) is 48.5 Å². The Morgan fingerprint density at radius 2 is 1.69 bits per heavy atom. The van der Waals surface area contributed by atoms with Crippen LogP contribution in [0.1, 0.15) is 69.3 Å². The number of carbonyl (C=O) groups is 2. The number of para-hydroxylation sites is 1. The molecule has 0 spiro atoms. The van der Waals surface area contributed by atoms with Gasteiger partial charge in [-0.2, -0.15) is 0 Å². The highest BCUT2D eigenvalue weighted by molar-refractivity contribution is 5.97. The maximum absolute atomic E-state index is 13.6. The van der Waals surface area contributed by atoms with Gasteiger partial charge in [0.05, 0.1) is 24.6 Å². The first kappa shape index (κ1) is 27.6. The van der Waals surface area contributed by atoms with Gasteiger partial charge in [0.2, 0.25) is 5.91 Å². The molecule has 0 aliphatic carbocycles. The molecule has 2 amide bonds. The minimum Gasteiger partial charge on any atom is -0.494 e. The number of benzene rings is 2. The van der Waals surface area contributed by atoms with E-state index >= 15 is 0 Å². The van der Waals surface area contributed by atoms with Crippen molar-refractivity contribution in [3.8, 4) is 11.5 Å². The molecule has 0 fully saturated rings. The molecule has 1 aliphatic rings. The van der Waals surface area contributed by atoms with Crippen LogP contribution >= 0.6 is 0 Å². The standard InChI is InChI=1S/C30H42N2O4/c1-5-31-19-11-7-8-12-20-32(29(33)21-24-15-17-25(18-16-24)35-6-2)27(23(3)4)22-36-28-14-10-9-13-26(28)30(31)34/h9-10,13-18,23,27H,5-8,11-12,19-22H2,1-4H3/t27-/m1/s1. The monoisotopic (exact) mass is 494 g/mol. The SMILES string of the molecule is CCOc1ccc(CC(=O)N2CCCCCCN(CC)C(=O)c3ccccc3OC[C@@H]2C(C)C)cc1. The van der Waals surface area contributed by atoms with Crippen LogP contribution in [0.3, 0.4) is 0 Å². The van der Waals surface area contributed by atoms with E-state index in [1.54, 1.807) is 0 Å². The van der Waals surface area contributed by atoms with Crippen molar-refractivity contribution in [1.29, 1.82) is 0 Å². The van der Waals surface area contributed by atoms with Crippen molar-refractivity contribution in [3.05, 3.63) is 59.7 Å². The molecule has 0 radical (unpaired) electrons. The molecule has 196 valence electrons. The van der Waals surface area contributed by atoms with Gasteiger partial charge in [0.1, 0.15) is 18.1 Å². The van der Waals surface area contributed by atoms with Crippen molar-refractivity contribution < 1.29 is 19.1 Å². The molecular weight excluding hydrogens is 452 g/mol. The lowest BCUT2D eigenvalue weighted by Gasteiger charge is -2.35. The molecule has 0 unspecified atom stereocenters. The van der Waals surface area contributed by atoms with Crippen LogP contribution in [0.5, 0.6) is 11.5 Å². The van der Waals surface area contributed by atoms with E-state index in [1.165, 1.54) is 0 Å². The van der Waals surface area contributed by atoms with Crippen LogP contribution in [0.4, 0.5) is 0 Å². The van der Waals surface area contributed by atoms with Gasteiger partial charge in [-0.25, -0.2) is 0 Å². The number of carbonyl (C=O) groups excluding carboxylic acids is 2. The van der Waals surface area contributed by atoms with Gasteiger partial charge in [-0.15, -0.1) is 0 Å². The van der Waals surface area contributed by atoms with Crippen molar-refractivity contribution in [2.45, 2.75) is 65.8 Å². The number of hydrogen-bond acceptors (Lipinski definition) is 4. The molecular formula is C30H42N2O4. The number of rotatable bonds is 6. The summed E-state index contributed by atoms with van der Waals surface area (Å²) in [5.74, 6) is 1.72. The van der Waals surface area contributed by atoms with E-state index in [4.69, 9.17) is 9.47 Å². The summed E-state index contributed by atoms with van der Waals surface area (Å²) >= 11 is 0. The Morgan fingerprint density at radius 3 is 2.36 bits per heavy atom. The quantitative estimate of drug-likeness (QED) is 0.525. The first-order valence-corrected chi connectivity index (χ1v) is 13.5. The largest absolute Gasteiger partial charge is 0.494 e. The topological polar surface area (TPSA) is 59.1 Å². The fourth-order valence-electron chi connectivity index (χ4n) is 4.72. The predicted octanol–water partition coefficient (Wildman–Crippen LogP) is 5.60. The highest BCUT2D eigenvalue weighted by Gasteiger charge is 2.28.